The van der Waals surface area contributed by atoms with E-state index in [1.807, 2.05) is 31.2 Å². The first-order valence-corrected chi connectivity index (χ1v) is 6.40. The van der Waals surface area contributed by atoms with Gasteiger partial charge >= 0.3 is 0 Å². The van der Waals surface area contributed by atoms with E-state index in [1.165, 1.54) is 0 Å². The van der Waals surface area contributed by atoms with E-state index >= 15 is 0 Å². The first kappa shape index (κ1) is 13.0. The summed E-state index contributed by atoms with van der Waals surface area (Å²) in [4.78, 5) is 11.2. The van der Waals surface area contributed by atoms with E-state index in [9.17, 15) is 4.79 Å². The second-order valence-electron chi connectivity index (χ2n) is 3.55. The lowest BCUT2D eigenvalue weighted by atomic mass is 10.2. The molecule has 88 valence electrons. The van der Waals surface area contributed by atoms with Crippen LogP contribution in [0.5, 0.6) is 5.75 Å². The molecule has 1 atom stereocenters. The zero-order chi connectivity index (χ0) is 12.0. The van der Waals surface area contributed by atoms with Crippen molar-refractivity contribution in [2.45, 2.75) is 26.4 Å². The lowest BCUT2D eigenvalue weighted by molar-refractivity contribution is -0.113. The molecule has 1 aromatic rings. The van der Waals surface area contributed by atoms with E-state index in [2.05, 4.69) is 28.2 Å². The molecule has 0 radical (unpaired) electrons. The Hall–Kier alpha value is -1.03. The standard InChI is InChI=1S/C12H16BrNO2/c1-3-9(2)16-11-6-4-5-10(7-11)14-12(15)8-13/h4-7,9H,3,8H2,1-2H3,(H,14,15)/t9-/m1/s1. The van der Waals surface area contributed by atoms with Gasteiger partial charge in [0.05, 0.1) is 11.4 Å². The van der Waals surface area contributed by atoms with E-state index in [0.717, 1.165) is 17.9 Å². The van der Waals surface area contributed by atoms with Crippen molar-refractivity contribution >= 4 is 27.5 Å². The number of ether oxygens (including phenoxy) is 1. The van der Waals surface area contributed by atoms with Crippen LogP contribution in [-0.2, 0) is 4.79 Å². The summed E-state index contributed by atoms with van der Waals surface area (Å²) in [6.07, 6.45) is 1.14. The van der Waals surface area contributed by atoms with Gasteiger partial charge in [-0.15, -0.1) is 0 Å². The number of benzene rings is 1. The van der Waals surface area contributed by atoms with Gasteiger partial charge in [-0.05, 0) is 25.5 Å². The summed E-state index contributed by atoms with van der Waals surface area (Å²) in [5.41, 5.74) is 0.755. The van der Waals surface area contributed by atoms with Gasteiger partial charge in [0.2, 0.25) is 5.91 Å². The Morgan fingerprint density at radius 1 is 1.56 bits per heavy atom. The monoisotopic (exact) mass is 285 g/mol. The highest BCUT2D eigenvalue weighted by Gasteiger charge is 2.03. The number of amides is 1. The van der Waals surface area contributed by atoms with Crippen molar-refractivity contribution < 1.29 is 9.53 Å². The lowest BCUT2D eigenvalue weighted by Crippen LogP contribution is -2.13. The maximum Gasteiger partial charge on any atom is 0.235 e. The largest absolute Gasteiger partial charge is 0.491 e. The Kier molecular flexibility index (Phi) is 5.32. The van der Waals surface area contributed by atoms with Gasteiger partial charge in [-0.1, -0.05) is 28.9 Å². The lowest BCUT2D eigenvalue weighted by Gasteiger charge is -2.13. The summed E-state index contributed by atoms with van der Waals surface area (Å²) in [6, 6.07) is 7.41. The molecular formula is C12H16BrNO2. The number of anilines is 1. The van der Waals surface area contributed by atoms with Gasteiger partial charge in [-0.3, -0.25) is 4.79 Å². The third-order valence-electron chi connectivity index (χ3n) is 2.15. The molecule has 1 rings (SSSR count). The molecule has 3 nitrogen and oxygen atoms in total. The number of alkyl halides is 1. The predicted molar refractivity (Wildman–Crippen MR) is 69.2 cm³/mol. The SMILES string of the molecule is CC[C@@H](C)Oc1cccc(NC(=O)CBr)c1. The molecule has 4 heteroatoms. The van der Waals surface area contributed by atoms with Crippen molar-refractivity contribution in [3.63, 3.8) is 0 Å². The van der Waals surface area contributed by atoms with E-state index in [0.29, 0.717) is 5.33 Å². The highest BCUT2D eigenvalue weighted by Crippen LogP contribution is 2.19. The summed E-state index contributed by atoms with van der Waals surface area (Å²) in [6.45, 7) is 4.09. The van der Waals surface area contributed by atoms with Crippen molar-refractivity contribution in [2.24, 2.45) is 0 Å². The molecule has 0 bridgehead atoms. The Balaban J connectivity index is 2.67. The van der Waals surface area contributed by atoms with Crippen molar-refractivity contribution in [3.8, 4) is 5.75 Å². The van der Waals surface area contributed by atoms with Crippen molar-refractivity contribution in [1.29, 1.82) is 0 Å². The number of hydrogen-bond donors (Lipinski definition) is 1. The fourth-order valence-electron chi connectivity index (χ4n) is 1.16. The second-order valence-corrected chi connectivity index (χ2v) is 4.11. The maximum absolute atomic E-state index is 11.2. The van der Waals surface area contributed by atoms with Crippen LogP contribution in [0.3, 0.4) is 0 Å². The fraction of sp³-hybridized carbons (Fsp3) is 0.417. The van der Waals surface area contributed by atoms with E-state index < -0.39 is 0 Å². The number of carbonyl (C=O) groups excluding carboxylic acids is 1. The third-order valence-corrected chi connectivity index (χ3v) is 2.66. The molecule has 0 spiro atoms. The Labute approximate surface area is 104 Å². The van der Waals surface area contributed by atoms with Gasteiger partial charge < -0.3 is 10.1 Å². The molecule has 0 unspecified atom stereocenters. The Bertz CT molecular complexity index is 355. The van der Waals surface area contributed by atoms with Crippen molar-refractivity contribution in [2.75, 3.05) is 10.6 Å². The van der Waals surface area contributed by atoms with Crippen LogP contribution in [0, 0.1) is 0 Å². The maximum atomic E-state index is 11.2. The zero-order valence-electron chi connectivity index (χ0n) is 9.50. The third kappa shape index (κ3) is 4.23. The van der Waals surface area contributed by atoms with Crippen LogP contribution in [0.15, 0.2) is 24.3 Å². The van der Waals surface area contributed by atoms with Gasteiger partial charge in [0.1, 0.15) is 5.75 Å². The number of nitrogens with one attached hydrogen (secondary N) is 1. The van der Waals surface area contributed by atoms with Crippen LogP contribution < -0.4 is 10.1 Å². The van der Waals surface area contributed by atoms with Crippen LogP contribution in [0.2, 0.25) is 0 Å². The quantitative estimate of drug-likeness (QED) is 0.844. The number of rotatable bonds is 5. The van der Waals surface area contributed by atoms with Crippen LogP contribution in [0.25, 0.3) is 0 Å². The molecule has 0 aromatic heterocycles. The van der Waals surface area contributed by atoms with Crippen molar-refractivity contribution in [1.82, 2.24) is 0 Å². The molecule has 1 N–H and O–H groups in total. The molecule has 0 aliphatic heterocycles. The molecule has 0 aliphatic carbocycles. The molecule has 0 heterocycles. The molecule has 1 aromatic carbocycles. The van der Waals surface area contributed by atoms with Gasteiger partial charge in [0, 0.05) is 11.8 Å². The average Bonchev–Trinajstić information content (AvgIpc) is 2.29. The zero-order valence-corrected chi connectivity index (χ0v) is 11.1. The van der Waals surface area contributed by atoms with Gasteiger partial charge in [0.25, 0.3) is 0 Å². The number of carbonyl (C=O) groups is 1. The molecule has 0 aliphatic rings. The minimum atomic E-state index is -0.0688. The minimum Gasteiger partial charge on any atom is -0.491 e. The highest BCUT2D eigenvalue weighted by atomic mass is 79.9. The predicted octanol–water partition coefficient (Wildman–Crippen LogP) is 3.20. The molecular weight excluding hydrogens is 270 g/mol. The summed E-state index contributed by atoms with van der Waals surface area (Å²) >= 11 is 3.10. The topological polar surface area (TPSA) is 38.3 Å². The van der Waals surface area contributed by atoms with Crippen LogP contribution in [0.4, 0.5) is 5.69 Å². The molecule has 0 saturated heterocycles. The second kappa shape index (κ2) is 6.53. The molecule has 0 fully saturated rings. The fourth-order valence-corrected chi connectivity index (χ4v) is 1.30. The smallest absolute Gasteiger partial charge is 0.235 e. The molecule has 0 saturated carbocycles. The van der Waals surface area contributed by atoms with E-state index in [1.54, 1.807) is 0 Å². The van der Waals surface area contributed by atoms with Crippen molar-refractivity contribution in [3.05, 3.63) is 24.3 Å². The summed E-state index contributed by atoms with van der Waals surface area (Å²) in [7, 11) is 0. The number of hydrogen-bond acceptors (Lipinski definition) is 2. The van der Waals surface area contributed by atoms with Crippen LogP contribution >= 0.6 is 15.9 Å². The van der Waals surface area contributed by atoms with E-state index in [4.69, 9.17) is 4.74 Å². The molecule has 1 amide bonds. The average molecular weight is 286 g/mol. The van der Waals surface area contributed by atoms with Gasteiger partial charge in [-0.2, -0.15) is 0 Å². The Morgan fingerprint density at radius 3 is 2.94 bits per heavy atom. The van der Waals surface area contributed by atoms with Crippen LogP contribution in [0.1, 0.15) is 20.3 Å². The Morgan fingerprint density at radius 2 is 2.31 bits per heavy atom. The van der Waals surface area contributed by atoms with Gasteiger partial charge in [-0.25, -0.2) is 0 Å². The van der Waals surface area contributed by atoms with E-state index in [-0.39, 0.29) is 12.0 Å². The first-order valence-electron chi connectivity index (χ1n) is 5.28. The van der Waals surface area contributed by atoms with Crippen LogP contribution in [-0.4, -0.2) is 17.3 Å². The van der Waals surface area contributed by atoms with Gasteiger partial charge in [0.15, 0.2) is 0 Å². The summed E-state index contributed by atoms with van der Waals surface area (Å²) < 4.78 is 5.66. The first-order chi connectivity index (χ1) is 7.65. The number of halogens is 1. The minimum absolute atomic E-state index is 0.0688. The summed E-state index contributed by atoms with van der Waals surface area (Å²) in [5.74, 6) is 0.711. The normalized spacial score (nSPS) is 11.9. The highest BCUT2D eigenvalue weighted by molar-refractivity contribution is 9.09. The summed E-state index contributed by atoms with van der Waals surface area (Å²) in [5, 5.41) is 3.05. The molecule has 16 heavy (non-hydrogen) atoms.